The average molecular weight is 393 g/mol. The van der Waals surface area contributed by atoms with Gasteiger partial charge in [-0.25, -0.2) is 14.6 Å². The van der Waals surface area contributed by atoms with E-state index >= 15 is 0 Å². The number of amides is 1. The first-order valence-electron chi connectivity index (χ1n) is 9.02. The predicted octanol–water partition coefficient (Wildman–Crippen LogP) is 4.09. The minimum Gasteiger partial charge on any atom is -0.494 e. The second-order valence-electron chi connectivity index (χ2n) is 5.99. The molecule has 4 rings (SSSR count). The summed E-state index contributed by atoms with van der Waals surface area (Å²) in [6.07, 6.45) is 3.92. The summed E-state index contributed by atoms with van der Waals surface area (Å²) >= 11 is 1.41. The Kier molecular flexibility index (Phi) is 5.03. The van der Waals surface area contributed by atoms with Gasteiger partial charge in [0, 0.05) is 6.20 Å². The molecule has 8 heteroatoms. The molecule has 1 N–H and O–H groups in total. The molecule has 0 fully saturated rings. The van der Waals surface area contributed by atoms with E-state index in [9.17, 15) is 4.79 Å². The third-order valence-corrected chi connectivity index (χ3v) is 5.14. The van der Waals surface area contributed by atoms with Crippen molar-refractivity contribution in [2.45, 2.75) is 20.3 Å². The number of hydrogen-bond acceptors (Lipinski definition) is 6. The van der Waals surface area contributed by atoms with Gasteiger partial charge in [0.2, 0.25) is 0 Å². The van der Waals surface area contributed by atoms with Crippen LogP contribution in [0.2, 0.25) is 0 Å². The highest BCUT2D eigenvalue weighted by Gasteiger charge is 2.19. The number of fused-ring (bicyclic) bond motifs is 1. The molecule has 0 saturated carbocycles. The maximum Gasteiger partial charge on any atom is 0.260 e. The summed E-state index contributed by atoms with van der Waals surface area (Å²) < 4.78 is 8.18. The quantitative estimate of drug-likeness (QED) is 0.533. The number of pyridine rings is 1. The van der Waals surface area contributed by atoms with Gasteiger partial charge >= 0.3 is 0 Å². The molecule has 1 amide bonds. The lowest BCUT2D eigenvalue weighted by Crippen LogP contribution is -2.14. The van der Waals surface area contributed by atoms with Crippen molar-refractivity contribution < 1.29 is 9.53 Å². The molecule has 0 bridgehead atoms. The van der Waals surface area contributed by atoms with Crippen LogP contribution in [-0.4, -0.2) is 32.3 Å². The van der Waals surface area contributed by atoms with Crippen LogP contribution in [0.3, 0.4) is 0 Å². The molecule has 0 spiro atoms. The Hall–Kier alpha value is -3.26. The van der Waals surface area contributed by atoms with Crippen LogP contribution in [0.1, 0.15) is 29.9 Å². The zero-order chi connectivity index (χ0) is 19.5. The van der Waals surface area contributed by atoms with Crippen molar-refractivity contribution in [3.63, 3.8) is 0 Å². The molecule has 28 heavy (non-hydrogen) atoms. The number of anilines is 1. The SMILES string of the molecule is CCOc1ccc2nc(NC(=O)c3cnn(-c4ccccn4)c3CC)sc2c1. The average Bonchev–Trinajstić information content (AvgIpc) is 3.31. The number of carbonyl (C=O) groups excluding carboxylic acids is 1. The number of nitrogens with zero attached hydrogens (tertiary/aromatic N) is 4. The van der Waals surface area contributed by atoms with Crippen molar-refractivity contribution in [1.29, 1.82) is 0 Å². The van der Waals surface area contributed by atoms with E-state index < -0.39 is 0 Å². The van der Waals surface area contributed by atoms with Gasteiger partial charge in [-0.2, -0.15) is 5.10 Å². The highest BCUT2D eigenvalue weighted by Crippen LogP contribution is 2.29. The summed E-state index contributed by atoms with van der Waals surface area (Å²) in [4.78, 5) is 21.6. The van der Waals surface area contributed by atoms with Crippen LogP contribution < -0.4 is 10.1 Å². The highest BCUT2D eigenvalue weighted by atomic mass is 32.1. The van der Waals surface area contributed by atoms with Gasteiger partial charge in [-0.3, -0.25) is 10.1 Å². The molecule has 0 saturated heterocycles. The topological polar surface area (TPSA) is 81.9 Å². The number of benzene rings is 1. The number of carbonyl (C=O) groups is 1. The molecule has 0 aliphatic heterocycles. The summed E-state index contributed by atoms with van der Waals surface area (Å²) in [6, 6.07) is 11.3. The minimum atomic E-state index is -0.233. The number of thiazole rings is 1. The lowest BCUT2D eigenvalue weighted by molar-refractivity contribution is 0.102. The molecule has 4 aromatic rings. The first-order valence-corrected chi connectivity index (χ1v) is 9.84. The number of ether oxygens (including phenoxy) is 1. The summed E-state index contributed by atoms with van der Waals surface area (Å²) in [6.45, 7) is 4.53. The molecular weight excluding hydrogens is 374 g/mol. The van der Waals surface area contributed by atoms with Gasteiger partial charge in [-0.1, -0.05) is 24.3 Å². The fourth-order valence-corrected chi connectivity index (χ4v) is 3.85. The zero-order valence-corrected chi connectivity index (χ0v) is 16.4. The Morgan fingerprint density at radius 3 is 2.89 bits per heavy atom. The van der Waals surface area contributed by atoms with Crippen LogP contribution in [0.5, 0.6) is 5.75 Å². The van der Waals surface area contributed by atoms with E-state index in [2.05, 4.69) is 20.4 Å². The Morgan fingerprint density at radius 2 is 2.14 bits per heavy atom. The van der Waals surface area contributed by atoms with E-state index in [0.29, 0.717) is 29.5 Å². The summed E-state index contributed by atoms with van der Waals surface area (Å²) in [7, 11) is 0. The monoisotopic (exact) mass is 393 g/mol. The van der Waals surface area contributed by atoms with Crippen LogP contribution in [-0.2, 0) is 6.42 Å². The molecule has 0 atom stereocenters. The summed E-state index contributed by atoms with van der Waals surface area (Å²) in [5.74, 6) is 1.24. The van der Waals surface area contributed by atoms with Gasteiger partial charge in [0.25, 0.3) is 5.91 Å². The molecule has 0 aliphatic rings. The molecule has 0 aliphatic carbocycles. The maximum absolute atomic E-state index is 12.8. The van der Waals surface area contributed by atoms with Gasteiger partial charge in [0.05, 0.1) is 34.3 Å². The van der Waals surface area contributed by atoms with Crippen LogP contribution in [0, 0.1) is 0 Å². The Labute approximate surface area is 166 Å². The van der Waals surface area contributed by atoms with Crippen molar-refractivity contribution in [3.05, 3.63) is 60.0 Å². The fraction of sp³-hybridized carbons (Fsp3) is 0.200. The third kappa shape index (κ3) is 3.46. The number of aromatic nitrogens is 4. The van der Waals surface area contributed by atoms with Crippen LogP contribution in [0.25, 0.3) is 16.0 Å². The van der Waals surface area contributed by atoms with Crippen molar-refractivity contribution in [1.82, 2.24) is 19.7 Å². The standard InChI is InChI=1S/C20H19N5O2S/c1-3-16-14(12-22-25(16)18-7-5-6-10-21-18)19(26)24-20-23-15-9-8-13(27-4-2)11-17(15)28-20/h5-12H,3-4H2,1-2H3,(H,23,24,26). The lowest BCUT2D eigenvalue weighted by Gasteiger charge is -2.06. The summed E-state index contributed by atoms with van der Waals surface area (Å²) in [5.41, 5.74) is 2.14. The predicted molar refractivity (Wildman–Crippen MR) is 109 cm³/mol. The fourth-order valence-electron chi connectivity index (χ4n) is 2.96. The van der Waals surface area contributed by atoms with Gasteiger partial charge in [0.1, 0.15) is 5.75 Å². The maximum atomic E-state index is 12.8. The summed E-state index contributed by atoms with van der Waals surface area (Å²) in [5, 5.41) is 7.79. The Bertz CT molecular complexity index is 1120. The van der Waals surface area contributed by atoms with Crippen molar-refractivity contribution in [2.75, 3.05) is 11.9 Å². The van der Waals surface area contributed by atoms with Crippen molar-refractivity contribution in [2.24, 2.45) is 0 Å². The number of rotatable bonds is 6. The second kappa shape index (κ2) is 7.77. The molecule has 0 radical (unpaired) electrons. The molecule has 0 unspecified atom stereocenters. The van der Waals surface area contributed by atoms with E-state index in [1.165, 1.54) is 11.3 Å². The van der Waals surface area contributed by atoms with Crippen LogP contribution in [0.4, 0.5) is 5.13 Å². The van der Waals surface area contributed by atoms with Gasteiger partial charge in [-0.15, -0.1) is 0 Å². The van der Waals surface area contributed by atoms with E-state index in [1.54, 1.807) is 17.1 Å². The number of nitrogens with one attached hydrogen (secondary N) is 1. The first kappa shape index (κ1) is 18.1. The Morgan fingerprint density at radius 1 is 1.25 bits per heavy atom. The molecule has 1 aromatic carbocycles. The molecule has 3 aromatic heterocycles. The highest BCUT2D eigenvalue weighted by molar-refractivity contribution is 7.22. The largest absolute Gasteiger partial charge is 0.494 e. The van der Waals surface area contributed by atoms with E-state index in [0.717, 1.165) is 21.7 Å². The Balaban J connectivity index is 1.60. The van der Waals surface area contributed by atoms with Gasteiger partial charge in [0.15, 0.2) is 10.9 Å². The molecule has 7 nitrogen and oxygen atoms in total. The van der Waals surface area contributed by atoms with Crippen molar-refractivity contribution in [3.8, 4) is 11.6 Å². The lowest BCUT2D eigenvalue weighted by atomic mass is 10.2. The zero-order valence-electron chi connectivity index (χ0n) is 15.5. The van der Waals surface area contributed by atoms with E-state index in [-0.39, 0.29) is 5.91 Å². The van der Waals surface area contributed by atoms with E-state index in [1.807, 2.05) is 50.2 Å². The van der Waals surface area contributed by atoms with Gasteiger partial charge in [-0.05, 0) is 43.7 Å². The van der Waals surface area contributed by atoms with Crippen molar-refractivity contribution >= 4 is 32.6 Å². The van der Waals surface area contributed by atoms with Gasteiger partial charge < -0.3 is 4.74 Å². The van der Waals surface area contributed by atoms with E-state index in [4.69, 9.17) is 4.74 Å². The normalized spacial score (nSPS) is 10.9. The molecule has 3 heterocycles. The molecule has 142 valence electrons. The minimum absolute atomic E-state index is 0.233. The van der Waals surface area contributed by atoms with Crippen LogP contribution in [0.15, 0.2) is 48.8 Å². The third-order valence-electron chi connectivity index (χ3n) is 4.21. The van der Waals surface area contributed by atoms with Crippen LogP contribution >= 0.6 is 11.3 Å². The number of hydrogen-bond donors (Lipinski definition) is 1. The molecular formula is C20H19N5O2S. The first-order chi connectivity index (χ1) is 13.7. The second-order valence-corrected chi connectivity index (χ2v) is 7.02. The smallest absolute Gasteiger partial charge is 0.260 e.